The average molecular weight is 216 g/mol. The third kappa shape index (κ3) is 3.23. The van der Waals surface area contributed by atoms with Gasteiger partial charge in [-0.1, -0.05) is 12.1 Å². The van der Waals surface area contributed by atoms with Crippen LogP contribution >= 0.6 is 0 Å². The van der Waals surface area contributed by atoms with Crippen molar-refractivity contribution in [2.75, 3.05) is 0 Å². The molecule has 0 spiro atoms. The molecule has 0 bridgehead atoms. The number of carbonyl (C=O) groups is 2. The molecule has 0 unspecified atom stereocenters. The van der Waals surface area contributed by atoms with E-state index in [-0.39, 0.29) is 0 Å². The minimum Gasteiger partial charge on any atom is -0.361 e. The van der Waals surface area contributed by atoms with Crippen LogP contribution in [0, 0.1) is 11.3 Å². The number of primary amides is 1. The normalized spacial score (nSPS) is 9.69. The molecular weight excluding hydrogens is 208 g/mol. The number of nitrogens with two attached hydrogens (primary N) is 1. The molecule has 80 valence electrons. The smallest absolute Gasteiger partial charge is 0.329 e. The zero-order valence-corrected chi connectivity index (χ0v) is 8.18. The summed E-state index contributed by atoms with van der Waals surface area (Å²) in [5, 5.41) is 12.1. The van der Waals surface area contributed by atoms with E-state index in [0.717, 1.165) is 0 Å². The molecule has 0 aliphatic rings. The van der Waals surface area contributed by atoms with Gasteiger partial charge in [0.25, 0.3) is 0 Å². The standard InChI is InChI=1S/C10H8N4O2/c11-5-7-1-3-8(4-2-7)6-13-14-10(16)9(12)15/h1-4,6H,(H2,12,15)(H,14,16)/b13-6-. The minimum atomic E-state index is -1.10. The van der Waals surface area contributed by atoms with E-state index in [1.54, 1.807) is 24.3 Å². The van der Waals surface area contributed by atoms with Crippen LogP contribution in [0.15, 0.2) is 29.4 Å². The summed E-state index contributed by atoms with van der Waals surface area (Å²) in [7, 11) is 0. The van der Waals surface area contributed by atoms with E-state index in [9.17, 15) is 9.59 Å². The lowest BCUT2D eigenvalue weighted by atomic mass is 10.2. The van der Waals surface area contributed by atoms with E-state index in [1.807, 2.05) is 11.5 Å². The third-order valence-electron chi connectivity index (χ3n) is 1.64. The monoisotopic (exact) mass is 216 g/mol. The second-order valence-electron chi connectivity index (χ2n) is 2.80. The van der Waals surface area contributed by atoms with Crippen molar-refractivity contribution < 1.29 is 9.59 Å². The fourth-order valence-corrected chi connectivity index (χ4v) is 0.864. The number of nitrogens with one attached hydrogen (secondary N) is 1. The van der Waals surface area contributed by atoms with Gasteiger partial charge in [-0.05, 0) is 17.7 Å². The van der Waals surface area contributed by atoms with E-state index in [4.69, 9.17) is 11.0 Å². The summed E-state index contributed by atoms with van der Waals surface area (Å²) in [5.41, 5.74) is 7.85. The van der Waals surface area contributed by atoms with Gasteiger partial charge in [-0.2, -0.15) is 10.4 Å². The van der Waals surface area contributed by atoms with Crippen molar-refractivity contribution in [2.45, 2.75) is 0 Å². The van der Waals surface area contributed by atoms with Crippen LogP contribution in [0.25, 0.3) is 0 Å². The molecule has 0 fully saturated rings. The molecule has 0 atom stereocenters. The van der Waals surface area contributed by atoms with Gasteiger partial charge >= 0.3 is 11.8 Å². The van der Waals surface area contributed by atoms with Crippen LogP contribution in [0.3, 0.4) is 0 Å². The molecule has 1 aromatic carbocycles. The van der Waals surface area contributed by atoms with Crippen LogP contribution in [0.2, 0.25) is 0 Å². The highest BCUT2D eigenvalue weighted by Gasteiger charge is 2.04. The first-order valence-corrected chi connectivity index (χ1v) is 4.26. The van der Waals surface area contributed by atoms with Crippen molar-refractivity contribution in [1.29, 1.82) is 5.26 Å². The van der Waals surface area contributed by atoms with Gasteiger partial charge in [-0.15, -0.1) is 0 Å². The number of nitrogens with zero attached hydrogens (tertiary/aromatic N) is 2. The fraction of sp³-hybridized carbons (Fsp3) is 0. The molecule has 6 nitrogen and oxygen atoms in total. The maximum absolute atomic E-state index is 10.7. The van der Waals surface area contributed by atoms with Gasteiger partial charge in [-0.25, -0.2) is 5.43 Å². The molecule has 1 aromatic rings. The minimum absolute atomic E-state index is 0.526. The Labute approximate surface area is 91.4 Å². The summed E-state index contributed by atoms with van der Waals surface area (Å²) in [5.74, 6) is -2.08. The predicted octanol–water partition coefficient (Wildman–Crippen LogP) is -0.506. The van der Waals surface area contributed by atoms with E-state index in [0.29, 0.717) is 11.1 Å². The number of benzene rings is 1. The molecule has 0 aliphatic carbocycles. The van der Waals surface area contributed by atoms with Crippen molar-refractivity contribution in [3.05, 3.63) is 35.4 Å². The number of carbonyl (C=O) groups excluding carboxylic acids is 2. The summed E-state index contributed by atoms with van der Waals surface area (Å²) in [6.45, 7) is 0. The molecule has 3 N–H and O–H groups in total. The largest absolute Gasteiger partial charge is 0.361 e. The molecule has 0 aliphatic heterocycles. The second-order valence-corrected chi connectivity index (χ2v) is 2.80. The highest BCUT2D eigenvalue weighted by molar-refractivity contribution is 6.34. The summed E-state index contributed by atoms with van der Waals surface area (Å²) in [6.07, 6.45) is 1.34. The van der Waals surface area contributed by atoms with Crippen LogP contribution in [-0.2, 0) is 9.59 Å². The molecule has 0 aromatic heterocycles. The average Bonchev–Trinajstić information content (AvgIpc) is 2.29. The van der Waals surface area contributed by atoms with Gasteiger partial charge in [-0.3, -0.25) is 9.59 Å². The summed E-state index contributed by atoms with van der Waals surface area (Å²) in [4.78, 5) is 21.0. The molecule has 6 heteroatoms. The number of hydrogen-bond donors (Lipinski definition) is 2. The lowest BCUT2D eigenvalue weighted by Gasteiger charge is -1.94. The zero-order valence-electron chi connectivity index (χ0n) is 8.18. The van der Waals surface area contributed by atoms with E-state index in [1.165, 1.54) is 6.21 Å². The number of amides is 2. The lowest BCUT2D eigenvalue weighted by Crippen LogP contribution is -2.32. The molecular formula is C10H8N4O2. The quantitative estimate of drug-likeness (QED) is 0.395. The Morgan fingerprint density at radius 3 is 2.50 bits per heavy atom. The van der Waals surface area contributed by atoms with Gasteiger partial charge in [0.05, 0.1) is 17.8 Å². The van der Waals surface area contributed by atoms with Crippen LogP contribution in [0.1, 0.15) is 11.1 Å². The fourth-order valence-electron chi connectivity index (χ4n) is 0.864. The Hall–Kier alpha value is -2.68. The molecule has 0 heterocycles. The first kappa shape index (κ1) is 11.4. The zero-order chi connectivity index (χ0) is 12.0. The van der Waals surface area contributed by atoms with E-state index < -0.39 is 11.8 Å². The molecule has 16 heavy (non-hydrogen) atoms. The first-order valence-electron chi connectivity index (χ1n) is 4.26. The van der Waals surface area contributed by atoms with Crippen LogP contribution in [0.4, 0.5) is 0 Å². The SMILES string of the molecule is N#Cc1ccc(/C=N\NC(=O)C(N)=O)cc1. The second kappa shape index (κ2) is 5.26. The van der Waals surface area contributed by atoms with Gasteiger partial charge in [0.1, 0.15) is 0 Å². The number of nitriles is 1. The third-order valence-corrected chi connectivity index (χ3v) is 1.64. The van der Waals surface area contributed by atoms with Gasteiger partial charge in [0.15, 0.2) is 0 Å². The van der Waals surface area contributed by atoms with Crippen LogP contribution in [-0.4, -0.2) is 18.0 Å². The van der Waals surface area contributed by atoms with E-state index in [2.05, 4.69) is 5.10 Å². The molecule has 0 radical (unpaired) electrons. The van der Waals surface area contributed by atoms with Crippen molar-refractivity contribution >= 4 is 18.0 Å². The number of hydrazone groups is 1. The number of rotatable bonds is 2. The van der Waals surface area contributed by atoms with Crippen molar-refractivity contribution in [1.82, 2.24) is 5.43 Å². The van der Waals surface area contributed by atoms with E-state index >= 15 is 0 Å². The summed E-state index contributed by atoms with van der Waals surface area (Å²) < 4.78 is 0. The molecule has 0 saturated heterocycles. The maximum atomic E-state index is 10.7. The van der Waals surface area contributed by atoms with Crippen molar-refractivity contribution in [2.24, 2.45) is 10.8 Å². The summed E-state index contributed by atoms with van der Waals surface area (Å²) in [6, 6.07) is 8.49. The lowest BCUT2D eigenvalue weighted by molar-refractivity contribution is -0.137. The molecule has 0 saturated carbocycles. The Kier molecular flexibility index (Phi) is 3.75. The van der Waals surface area contributed by atoms with Crippen LogP contribution in [0.5, 0.6) is 0 Å². The van der Waals surface area contributed by atoms with Gasteiger partial charge in [0, 0.05) is 0 Å². The topological polar surface area (TPSA) is 108 Å². The molecule has 1 rings (SSSR count). The first-order chi connectivity index (χ1) is 7.63. The highest BCUT2D eigenvalue weighted by atomic mass is 16.2. The van der Waals surface area contributed by atoms with Crippen molar-refractivity contribution in [3.8, 4) is 6.07 Å². The summed E-state index contributed by atoms with van der Waals surface area (Å²) >= 11 is 0. The van der Waals surface area contributed by atoms with Crippen molar-refractivity contribution in [3.63, 3.8) is 0 Å². The Bertz CT molecular complexity index is 471. The Morgan fingerprint density at radius 1 is 1.38 bits per heavy atom. The van der Waals surface area contributed by atoms with Gasteiger partial charge < -0.3 is 5.73 Å². The molecule has 2 amide bonds. The van der Waals surface area contributed by atoms with Crippen LogP contribution < -0.4 is 11.2 Å². The predicted molar refractivity (Wildman–Crippen MR) is 56.1 cm³/mol. The van der Waals surface area contributed by atoms with Gasteiger partial charge in [0.2, 0.25) is 0 Å². The maximum Gasteiger partial charge on any atom is 0.329 e. The highest BCUT2D eigenvalue weighted by Crippen LogP contribution is 2.00. The Balaban J connectivity index is 2.60. The number of hydrogen-bond acceptors (Lipinski definition) is 4. The Morgan fingerprint density at radius 2 is 2.00 bits per heavy atom.